The van der Waals surface area contributed by atoms with E-state index in [4.69, 9.17) is 29.4 Å². The van der Waals surface area contributed by atoms with Crippen molar-refractivity contribution in [1.82, 2.24) is 4.90 Å². The Bertz CT molecular complexity index is 1330. The molecular formula is C41H70N2O13. The quantitative estimate of drug-likeness (QED) is 0.0677. The number of likely N-dealkylation sites (tertiary alicyclic amines) is 1. The Morgan fingerprint density at radius 2 is 1.71 bits per heavy atom. The maximum atomic E-state index is 14.1. The number of amides is 1. The van der Waals surface area contributed by atoms with E-state index in [0.717, 1.165) is 4.90 Å². The second-order valence-electron chi connectivity index (χ2n) is 16.7. The largest absolute Gasteiger partial charge is 0.459 e. The van der Waals surface area contributed by atoms with Crippen LogP contribution in [0.4, 0.5) is 0 Å². The number of hydrogen-bond donors (Lipinski definition) is 5. The molecule has 322 valence electrons. The highest BCUT2D eigenvalue weighted by molar-refractivity contribution is 6.39. The second-order valence-corrected chi connectivity index (χ2v) is 16.7. The minimum Gasteiger partial charge on any atom is -0.459 e. The molecule has 3 fully saturated rings. The van der Waals surface area contributed by atoms with E-state index in [1.165, 1.54) is 7.11 Å². The number of aliphatic hydroxyl groups is 4. The standard InChI is InChI=1S/C41H70N2O13/c1-23(2)35(46)37(54-8)36(47)25(4)19-24(3)32(45)22-33(29(42)20-27-13-15-31(44)34(21-27)53-7)55-40(50)30-11-9-10-17-43(30)39(49)38(48)41(51)26(5)12-14-28(56-41)16-18-52-6/h19,23-24,26-34,36-37,44-45,47,51H,9-18,20-22,42H2,1-8H3/b25-19+/t24-,26-,27+,28+,29-,30+,31-,32-,33+,34-,36-,37+,41-/m1/s1. The van der Waals surface area contributed by atoms with E-state index in [0.29, 0.717) is 70.0 Å². The Morgan fingerprint density at radius 3 is 2.34 bits per heavy atom. The van der Waals surface area contributed by atoms with Crippen LogP contribution in [-0.4, -0.2) is 144 Å². The Kier molecular flexibility index (Phi) is 19.0. The summed E-state index contributed by atoms with van der Waals surface area (Å²) in [5, 5.41) is 44.3. The van der Waals surface area contributed by atoms with Crippen LogP contribution in [0.2, 0.25) is 0 Å². The van der Waals surface area contributed by atoms with Crippen LogP contribution in [0.3, 0.4) is 0 Å². The third-order valence-electron chi connectivity index (χ3n) is 12.1. The molecule has 0 unspecified atom stereocenters. The highest BCUT2D eigenvalue weighted by Crippen LogP contribution is 2.36. The molecule has 3 rings (SSSR count). The van der Waals surface area contributed by atoms with Crippen molar-refractivity contribution in [1.29, 1.82) is 0 Å². The molecule has 3 aliphatic rings. The summed E-state index contributed by atoms with van der Waals surface area (Å²) in [6, 6.07) is -1.90. The van der Waals surface area contributed by atoms with Gasteiger partial charge in [0.25, 0.3) is 11.7 Å². The van der Waals surface area contributed by atoms with Crippen molar-refractivity contribution >= 4 is 23.4 Å². The molecule has 0 spiro atoms. The van der Waals surface area contributed by atoms with E-state index in [1.807, 2.05) is 0 Å². The van der Waals surface area contributed by atoms with Gasteiger partial charge in [-0.3, -0.25) is 14.4 Å². The van der Waals surface area contributed by atoms with E-state index >= 15 is 0 Å². The number of methoxy groups -OCH3 is 3. The number of ether oxygens (including phenoxy) is 5. The molecule has 0 aromatic carbocycles. The van der Waals surface area contributed by atoms with Gasteiger partial charge >= 0.3 is 5.97 Å². The van der Waals surface area contributed by atoms with Gasteiger partial charge in [-0.05, 0) is 82.6 Å². The maximum Gasteiger partial charge on any atom is 0.329 e. The van der Waals surface area contributed by atoms with E-state index in [2.05, 4.69) is 0 Å². The normalized spacial score (nSPS) is 30.9. The number of Topliss-reactive ketones (excluding diaryl/α,β-unsaturated/α-hetero) is 2. The molecule has 1 aliphatic carbocycles. The number of aliphatic hydroxyl groups excluding tert-OH is 3. The van der Waals surface area contributed by atoms with Crippen LogP contribution in [0.1, 0.15) is 105 Å². The zero-order chi connectivity index (χ0) is 41.9. The SMILES string of the molecule is COCC[C@@H]1CC[C@@H](C)[C@](O)(C(=O)C(=O)N2CCCC[C@H]2C(=O)O[C@@H](C[C@@H](O)[C@H](C)/C=C(\C)[C@@H](O)[C@@H](OC)C(=O)C(C)C)[C@H](N)C[C@@H]2CC[C@@H](O)[C@H](OC)C2)O1. The van der Waals surface area contributed by atoms with Gasteiger partial charge in [-0.15, -0.1) is 0 Å². The number of rotatable bonds is 20. The van der Waals surface area contributed by atoms with Gasteiger partial charge in [-0.2, -0.15) is 0 Å². The highest BCUT2D eigenvalue weighted by Gasteiger charge is 2.52. The topological polar surface area (TPSA) is 225 Å². The van der Waals surface area contributed by atoms with Crippen LogP contribution < -0.4 is 5.73 Å². The molecule has 1 amide bonds. The van der Waals surface area contributed by atoms with Crippen molar-refractivity contribution in [3.8, 4) is 0 Å². The molecule has 56 heavy (non-hydrogen) atoms. The van der Waals surface area contributed by atoms with Crippen LogP contribution in [0.5, 0.6) is 0 Å². The van der Waals surface area contributed by atoms with E-state index < -0.39 is 84.0 Å². The Labute approximate surface area is 332 Å². The van der Waals surface area contributed by atoms with Crippen LogP contribution in [0, 0.1) is 23.7 Å². The number of carbonyl (C=O) groups excluding carboxylic acids is 4. The minimum atomic E-state index is -2.36. The summed E-state index contributed by atoms with van der Waals surface area (Å²) in [6.07, 6.45) is 0.587. The predicted molar refractivity (Wildman–Crippen MR) is 206 cm³/mol. The molecule has 0 aromatic heterocycles. The van der Waals surface area contributed by atoms with Crippen LogP contribution in [0.15, 0.2) is 11.6 Å². The molecule has 2 heterocycles. The third-order valence-corrected chi connectivity index (χ3v) is 12.1. The lowest BCUT2D eigenvalue weighted by Gasteiger charge is -2.42. The predicted octanol–water partition coefficient (Wildman–Crippen LogP) is 2.22. The lowest BCUT2D eigenvalue weighted by molar-refractivity contribution is -0.264. The molecule has 15 nitrogen and oxygen atoms in total. The van der Waals surface area contributed by atoms with E-state index in [9.17, 15) is 39.6 Å². The fourth-order valence-corrected chi connectivity index (χ4v) is 8.28. The maximum absolute atomic E-state index is 14.1. The van der Waals surface area contributed by atoms with Crippen molar-refractivity contribution in [3.63, 3.8) is 0 Å². The first kappa shape index (κ1) is 48.0. The lowest BCUT2D eigenvalue weighted by Crippen LogP contribution is -2.61. The monoisotopic (exact) mass is 798 g/mol. The Hall–Kier alpha value is -2.34. The number of ketones is 2. The van der Waals surface area contributed by atoms with Crippen molar-refractivity contribution in [3.05, 3.63) is 11.6 Å². The summed E-state index contributed by atoms with van der Waals surface area (Å²) in [7, 11) is 4.43. The second kappa shape index (κ2) is 22.1. The van der Waals surface area contributed by atoms with Crippen molar-refractivity contribution < 1.29 is 63.3 Å². The molecule has 1 saturated carbocycles. The zero-order valence-corrected chi connectivity index (χ0v) is 34.8. The van der Waals surface area contributed by atoms with Gasteiger partial charge in [0, 0.05) is 64.7 Å². The van der Waals surface area contributed by atoms with Gasteiger partial charge in [0.15, 0.2) is 5.78 Å². The minimum absolute atomic E-state index is 0.0344. The van der Waals surface area contributed by atoms with Gasteiger partial charge in [0.2, 0.25) is 5.79 Å². The fraction of sp³-hybridized carbons (Fsp3) is 0.854. The van der Waals surface area contributed by atoms with Crippen LogP contribution in [-0.2, 0) is 42.9 Å². The van der Waals surface area contributed by atoms with Gasteiger partial charge in [-0.25, -0.2) is 4.79 Å². The Balaban J connectivity index is 1.84. The average molecular weight is 799 g/mol. The van der Waals surface area contributed by atoms with E-state index in [1.54, 1.807) is 54.9 Å². The number of nitrogens with zero attached hydrogens (tertiary/aromatic N) is 1. The molecule has 13 atom stereocenters. The van der Waals surface area contributed by atoms with Crippen LogP contribution >= 0.6 is 0 Å². The summed E-state index contributed by atoms with van der Waals surface area (Å²) in [5.41, 5.74) is 7.21. The van der Waals surface area contributed by atoms with Gasteiger partial charge in [-0.1, -0.05) is 33.8 Å². The summed E-state index contributed by atoms with van der Waals surface area (Å²) < 4.78 is 27.9. The average Bonchev–Trinajstić information content (AvgIpc) is 3.17. The first-order chi connectivity index (χ1) is 26.4. The third kappa shape index (κ3) is 12.3. The smallest absolute Gasteiger partial charge is 0.329 e. The number of hydrogen-bond acceptors (Lipinski definition) is 14. The lowest BCUT2D eigenvalue weighted by atomic mass is 9.80. The van der Waals surface area contributed by atoms with Crippen molar-refractivity contribution in [2.24, 2.45) is 29.4 Å². The fourth-order valence-electron chi connectivity index (χ4n) is 8.28. The molecular weight excluding hydrogens is 728 g/mol. The zero-order valence-electron chi connectivity index (χ0n) is 34.8. The summed E-state index contributed by atoms with van der Waals surface area (Å²) in [6.45, 7) is 8.91. The number of piperidine rings is 1. The Morgan fingerprint density at radius 1 is 1.02 bits per heavy atom. The van der Waals surface area contributed by atoms with Gasteiger partial charge < -0.3 is 54.7 Å². The number of carbonyl (C=O) groups is 4. The molecule has 0 aromatic rings. The molecule has 2 saturated heterocycles. The summed E-state index contributed by atoms with van der Waals surface area (Å²) in [4.78, 5) is 55.6. The number of esters is 1. The number of nitrogens with two attached hydrogens (primary N) is 1. The summed E-state index contributed by atoms with van der Waals surface area (Å²) >= 11 is 0. The molecule has 6 N–H and O–H groups in total. The molecule has 2 aliphatic heterocycles. The van der Waals surface area contributed by atoms with Gasteiger partial charge in [0.05, 0.1) is 24.4 Å². The van der Waals surface area contributed by atoms with Crippen LogP contribution in [0.25, 0.3) is 0 Å². The highest BCUT2D eigenvalue weighted by atomic mass is 16.6. The van der Waals surface area contributed by atoms with Gasteiger partial charge in [0.1, 0.15) is 24.4 Å². The summed E-state index contributed by atoms with van der Waals surface area (Å²) in [5.74, 6) is -7.13. The molecule has 15 heteroatoms. The first-order valence-electron chi connectivity index (χ1n) is 20.4. The molecule has 0 bridgehead atoms. The van der Waals surface area contributed by atoms with Crippen molar-refractivity contribution in [2.45, 2.75) is 166 Å². The molecule has 0 radical (unpaired) electrons. The van der Waals surface area contributed by atoms with E-state index in [-0.39, 0.29) is 43.1 Å². The first-order valence-corrected chi connectivity index (χ1v) is 20.4. The van der Waals surface area contributed by atoms with Crippen molar-refractivity contribution in [2.75, 3.05) is 34.5 Å².